The summed E-state index contributed by atoms with van der Waals surface area (Å²) < 4.78 is 5.36. The fourth-order valence-corrected chi connectivity index (χ4v) is 4.24. The Kier molecular flexibility index (Phi) is 7.54. The van der Waals surface area contributed by atoms with Gasteiger partial charge in [-0.2, -0.15) is 0 Å². The molecule has 1 aliphatic heterocycles. The molecule has 1 unspecified atom stereocenters. The molecule has 0 aliphatic carbocycles. The monoisotopic (exact) mass is 518 g/mol. The smallest absolute Gasteiger partial charge is 0.409 e. The van der Waals surface area contributed by atoms with E-state index in [4.69, 9.17) is 4.74 Å². The predicted molar refractivity (Wildman–Crippen MR) is 148 cm³/mol. The summed E-state index contributed by atoms with van der Waals surface area (Å²) in [6, 6.07) is 28.9. The Labute approximate surface area is 226 Å². The number of nitrogens with one attached hydrogen (secondary N) is 1. The number of rotatable bonds is 7. The number of para-hydroxylation sites is 1. The Morgan fingerprint density at radius 1 is 0.897 bits per heavy atom. The van der Waals surface area contributed by atoms with Crippen LogP contribution in [0, 0.1) is 6.92 Å². The first-order valence-corrected chi connectivity index (χ1v) is 12.5. The highest BCUT2D eigenvalue weighted by Gasteiger charge is 2.34. The number of ether oxygens (including phenoxy) is 1. The molecule has 5 rings (SSSR count). The van der Waals surface area contributed by atoms with Crippen molar-refractivity contribution in [3.05, 3.63) is 131 Å². The predicted octanol–water partition coefficient (Wildman–Crippen LogP) is 4.71. The molecule has 0 bridgehead atoms. The summed E-state index contributed by atoms with van der Waals surface area (Å²) in [6.45, 7) is 1.73. The van der Waals surface area contributed by atoms with Crippen LogP contribution in [0.2, 0.25) is 0 Å². The van der Waals surface area contributed by atoms with Crippen LogP contribution >= 0.6 is 0 Å². The first-order valence-electron chi connectivity index (χ1n) is 12.5. The number of anilines is 1. The first kappa shape index (κ1) is 25.5. The van der Waals surface area contributed by atoms with Gasteiger partial charge in [0.25, 0.3) is 5.91 Å². The molecule has 39 heavy (non-hydrogen) atoms. The minimum Gasteiger partial charge on any atom is -0.445 e. The van der Waals surface area contributed by atoms with Gasteiger partial charge in [-0.25, -0.2) is 9.79 Å². The molecule has 0 saturated heterocycles. The number of Topliss-reactive ketones (excluding diaryl/α,β-unsaturated/α-hetero) is 1. The lowest BCUT2D eigenvalue weighted by Crippen LogP contribution is -2.49. The van der Waals surface area contributed by atoms with Crippen LogP contribution in [0.25, 0.3) is 0 Å². The average molecular weight is 519 g/mol. The summed E-state index contributed by atoms with van der Waals surface area (Å²) in [6.07, 6.45) is -0.525. The lowest BCUT2D eigenvalue weighted by atomic mass is 10.0. The summed E-state index contributed by atoms with van der Waals surface area (Å²) in [4.78, 5) is 50.4. The van der Waals surface area contributed by atoms with Gasteiger partial charge in [-0.15, -0.1) is 0 Å². The Morgan fingerprint density at radius 2 is 1.62 bits per heavy atom. The molecule has 0 saturated carbocycles. The molecule has 1 aliphatic rings. The van der Waals surface area contributed by atoms with Gasteiger partial charge in [-0.05, 0) is 30.7 Å². The van der Waals surface area contributed by atoms with E-state index >= 15 is 0 Å². The van der Waals surface area contributed by atoms with Crippen molar-refractivity contribution in [3.63, 3.8) is 0 Å². The SMILES string of the molecule is Cc1ccc(C(=O)CN2C(=O)C(NC(=O)OCc3ccccc3)N=C(c3ccccn3)c3ccccc32)cc1. The molecule has 8 nitrogen and oxygen atoms in total. The van der Waals surface area contributed by atoms with Crippen LogP contribution in [0.1, 0.15) is 32.7 Å². The van der Waals surface area contributed by atoms with Gasteiger partial charge in [0.2, 0.25) is 6.17 Å². The van der Waals surface area contributed by atoms with E-state index in [9.17, 15) is 14.4 Å². The molecule has 2 amide bonds. The number of hydrogen-bond acceptors (Lipinski definition) is 6. The van der Waals surface area contributed by atoms with Crippen LogP contribution in [0.15, 0.2) is 108 Å². The zero-order valence-electron chi connectivity index (χ0n) is 21.3. The van der Waals surface area contributed by atoms with E-state index in [-0.39, 0.29) is 18.9 Å². The van der Waals surface area contributed by atoms with Gasteiger partial charge in [-0.1, -0.05) is 84.4 Å². The van der Waals surface area contributed by atoms with E-state index in [0.29, 0.717) is 28.2 Å². The van der Waals surface area contributed by atoms with E-state index < -0.39 is 18.2 Å². The molecule has 1 atom stereocenters. The van der Waals surface area contributed by atoms with Crippen LogP contribution in [0.3, 0.4) is 0 Å². The Hall–Kier alpha value is -5.11. The van der Waals surface area contributed by atoms with Crippen LogP contribution in [-0.4, -0.2) is 41.2 Å². The topological polar surface area (TPSA) is 101 Å². The standard InChI is InChI=1S/C31H26N4O4/c1-21-14-16-23(17-15-21)27(36)19-35-26-13-6-5-11-24(26)28(25-12-7-8-18-32-25)33-29(30(35)37)34-31(38)39-20-22-9-3-2-4-10-22/h2-18,29H,19-20H2,1H3,(H,34,38). The number of ketones is 1. The third-order valence-electron chi connectivity index (χ3n) is 6.26. The molecule has 2 heterocycles. The second kappa shape index (κ2) is 11.5. The third-order valence-corrected chi connectivity index (χ3v) is 6.26. The molecule has 1 N–H and O–H groups in total. The van der Waals surface area contributed by atoms with Crippen molar-refractivity contribution in [2.24, 2.45) is 4.99 Å². The number of nitrogens with zero attached hydrogens (tertiary/aromatic N) is 3. The third kappa shape index (κ3) is 5.91. The molecule has 194 valence electrons. The van der Waals surface area contributed by atoms with Crippen molar-refractivity contribution in [2.45, 2.75) is 19.7 Å². The number of benzodiazepines with no additional fused rings is 1. The van der Waals surface area contributed by atoms with Crippen LogP contribution < -0.4 is 10.2 Å². The molecular weight excluding hydrogens is 492 g/mol. The number of pyridine rings is 1. The van der Waals surface area contributed by atoms with Gasteiger partial charge in [0.1, 0.15) is 6.61 Å². The lowest BCUT2D eigenvalue weighted by Gasteiger charge is -2.24. The van der Waals surface area contributed by atoms with Gasteiger partial charge >= 0.3 is 6.09 Å². The molecule has 4 aromatic rings. The van der Waals surface area contributed by atoms with E-state index in [1.807, 2.05) is 67.6 Å². The number of hydrogen-bond donors (Lipinski definition) is 1. The fourth-order valence-electron chi connectivity index (χ4n) is 4.24. The van der Waals surface area contributed by atoms with E-state index in [0.717, 1.165) is 11.1 Å². The minimum atomic E-state index is -1.34. The van der Waals surface area contributed by atoms with Gasteiger partial charge in [0.05, 0.1) is 23.6 Å². The van der Waals surface area contributed by atoms with E-state index in [2.05, 4.69) is 15.3 Å². The van der Waals surface area contributed by atoms with Gasteiger partial charge in [0, 0.05) is 17.3 Å². The highest BCUT2D eigenvalue weighted by atomic mass is 16.5. The molecular formula is C31H26N4O4. The number of carbonyl (C=O) groups excluding carboxylic acids is 3. The normalized spacial score (nSPS) is 14.6. The van der Waals surface area contributed by atoms with E-state index in [1.165, 1.54) is 4.90 Å². The number of alkyl carbamates (subject to hydrolysis) is 1. The van der Waals surface area contributed by atoms with Crippen molar-refractivity contribution in [1.82, 2.24) is 10.3 Å². The molecule has 0 fully saturated rings. The summed E-state index contributed by atoms with van der Waals surface area (Å²) in [5, 5.41) is 2.59. The molecule has 8 heteroatoms. The van der Waals surface area contributed by atoms with Gasteiger partial charge < -0.3 is 9.64 Å². The number of aliphatic imine (C=N–C) groups is 1. The van der Waals surface area contributed by atoms with Crippen LogP contribution in [0.4, 0.5) is 10.5 Å². The summed E-state index contributed by atoms with van der Waals surface area (Å²) in [5.74, 6) is -0.810. The van der Waals surface area contributed by atoms with Gasteiger partial charge in [0.15, 0.2) is 5.78 Å². The highest BCUT2D eigenvalue weighted by Crippen LogP contribution is 2.28. The van der Waals surface area contributed by atoms with Crippen LogP contribution in [0.5, 0.6) is 0 Å². The number of benzene rings is 3. The summed E-state index contributed by atoms with van der Waals surface area (Å²) in [5.41, 5.74) is 4.35. The largest absolute Gasteiger partial charge is 0.445 e. The van der Waals surface area contributed by atoms with Gasteiger partial charge in [-0.3, -0.25) is 19.9 Å². The first-order chi connectivity index (χ1) is 19.0. The summed E-state index contributed by atoms with van der Waals surface area (Å²) >= 11 is 0. The number of aromatic nitrogens is 1. The van der Waals surface area contributed by atoms with Crippen molar-refractivity contribution in [3.8, 4) is 0 Å². The maximum absolute atomic E-state index is 13.9. The average Bonchev–Trinajstić information content (AvgIpc) is 3.08. The Balaban J connectivity index is 1.49. The number of carbonyl (C=O) groups is 3. The van der Waals surface area contributed by atoms with Crippen molar-refractivity contribution >= 4 is 29.2 Å². The van der Waals surface area contributed by atoms with Crippen molar-refractivity contribution in [1.29, 1.82) is 0 Å². The van der Waals surface area contributed by atoms with Crippen molar-refractivity contribution in [2.75, 3.05) is 11.4 Å². The fraction of sp³-hybridized carbons (Fsp3) is 0.129. The zero-order chi connectivity index (χ0) is 27.2. The van der Waals surface area contributed by atoms with E-state index in [1.54, 1.807) is 42.6 Å². The quantitative estimate of drug-likeness (QED) is 0.357. The second-order valence-electron chi connectivity index (χ2n) is 9.03. The highest BCUT2D eigenvalue weighted by molar-refractivity contribution is 6.20. The molecule has 1 aromatic heterocycles. The molecule has 0 spiro atoms. The molecule has 3 aromatic carbocycles. The van der Waals surface area contributed by atoms with Crippen molar-refractivity contribution < 1.29 is 19.1 Å². The molecule has 0 radical (unpaired) electrons. The maximum Gasteiger partial charge on any atom is 0.409 e. The Morgan fingerprint density at radius 3 is 2.36 bits per heavy atom. The Bertz CT molecular complexity index is 1520. The second-order valence-corrected chi connectivity index (χ2v) is 9.03. The minimum absolute atomic E-state index is 0.0280. The number of amides is 2. The number of fused-ring (bicyclic) bond motifs is 1. The summed E-state index contributed by atoms with van der Waals surface area (Å²) in [7, 11) is 0. The maximum atomic E-state index is 13.9. The zero-order valence-corrected chi connectivity index (χ0v) is 21.3. The lowest BCUT2D eigenvalue weighted by molar-refractivity contribution is -0.120. The number of aryl methyl sites for hydroxylation is 1. The van der Waals surface area contributed by atoms with Crippen LogP contribution in [-0.2, 0) is 16.1 Å².